The lowest BCUT2D eigenvalue weighted by atomic mass is 10.2. The molecule has 0 heterocycles. The fourth-order valence-corrected chi connectivity index (χ4v) is 1.52. The Morgan fingerprint density at radius 1 is 1.20 bits per heavy atom. The van der Waals surface area contributed by atoms with E-state index in [1.807, 2.05) is 30.3 Å². The second-order valence-corrected chi connectivity index (χ2v) is 4.32. The minimum Gasteiger partial charge on any atom is -0.383 e. The van der Waals surface area contributed by atoms with E-state index >= 15 is 0 Å². The summed E-state index contributed by atoms with van der Waals surface area (Å²) in [4.78, 5) is 23.3. The minimum absolute atomic E-state index is 0.226. The van der Waals surface area contributed by atoms with Gasteiger partial charge in [0.25, 0.3) is 0 Å². The van der Waals surface area contributed by atoms with Gasteiger partial charge in [0, 0.05) is 20.2 Å². The molecule has 0 aliphatic carbocycles. The van der Waals surface area contributed by atoms with Crippen LogP contribution in [-0.4, -0.2) is 38.2 Å². The van der Waals surface area contributed by atoms with Gasteiger partial charge < -0.3 is 20.7 Å². The Hall–Kier alpha value is -2.08. The van der Waals surface area contributed by atoms with Crippen LogP contribution in [0.5, 0.6) is 0 Å². The van der Waals surface area contributed by atoms with Crippen LogP contribution in [-0.2, 0) is 16.1 Å². The molecule has 3 N–H and O–H groups in total. The van der Waals surface area contributed by atoms with E-state index in [9.17, 15) is 9.59 Å². The molecule has 3 amide bonds. The summed E-state index contributed by atoms with van der Waals surface area (Å²) in [6, 6.07) is 8.61. The van der Waals surface area contributed by atoms with E-state index in [0.29, 0.717) is 19.7 Å². The van der Waals surface area contributed by atoms with Gasteiger partial charge in [0.1, 0.15) is 6.04 Å². The second kappa shape index (κ2) is 8.92. The molecule has 1 atom stereocenters. The normalized spacial score (nSPS) is 11.5. The molecule has 1 aromatic carbocycles. The van der Waals surface area contributed by atoms with Crippen LogP contribution in [0.25, 0.3) is 0 Å². The van der Waals surface area contributed by atoms with Gasteiger partial charge in [-0.3, -0.25) is 4.79 Å². The number of urea groups is 1. The minimum atomic E-state index is -0.596. The summed E-state index contributed by atoms with van der Waals surface area (Å²) in [5, 5.41) is 7.91. The molecule has 0 saturated carbocycles. The zero-order valence-electron chi connectivity index (χ0n) is 11.8. The van der Waals surface area contributed by atoms with Crippen molar-refractivity contribution in [2.75, 3.05) is 20.3 Å². The van der Waals surface area contributed by atoms with Crippen LogP contribution in [0.3, 0.4) is 0 Å². The average Bonchev–Trinajstić information content (AvgIpc) is 2.46. The maximum Gasteiger partial charge on any atom is 0.315 e. The predicted molar refractivity (Wildman–Crippen MR) is 76.2 cm³/mol. The highest BCUT2D eigenvalue weighted by atomic mass is 16.5. The van der Waals surface area contributed by atoms with E-state index in [-0.39, 0.29) is 11.9 Å². The Bertz CT molecular complexity index is 423. The molecule has 0 aliphatic heterocycles. The van der Waals surface area contributed by atoms with Crippen LogP contribution in [0.1, 0.15) is 12.5 Å². The van der Waals surface area contributed by atoms with Crippen molar-refractivity contribution in [3.05, 3.63) is 35.9 Å². The van der Waals surface area contributed by atoms with Gasteiger partial charge in [0.15, 0.2) is 0 Å². The first-order chi connectivity index (χ1) is 9.63. The topological polar surface area (TPSA) is 79.5 Å². The van der Waals surface area contributed by atoms with E-state index < -0.39 is 6.04 Å². The Kier molecular flexibility index (Phi) is 7.13. The number of rotatable bonds is 7. The van der Waals surface area contributed by atoms with E-state index in [0.717, 1.165) is 5.56 Å². The molecular weight excluding hydrogens is 258 g/mol. The zero-order chi connectivity index (χ0) is 14.8. The highest BCUT2D eigenvalue weighted by molar-refractivity contribution is 5.86. The Morgan fingerprint density at radius 3 is 2.55 bits per heavy atom. The van der Waals surface area contributed by atoms with Gasteiger partial charge in [-0.15, -0.1) is 0 Å². The SMILES string of the molecule is COCCNC(=O)N[C@H](C)C(=O)NCc1ccccc1. The molecule has 6 heteroatoms. The van der Waals surface area contributed by atoms with Crippen molar-refractivity contribution in [2.24, 2.45) is 0 Å². The number of ether oxygens (including phenoxy) is 1. The zero-order valence-corrected chi connectivity index (χ0v) is 11.8. The molecule has 110 valence electrons. The number of benzene rings is 1. The number of carbonyl (C=O) groups is 2. The molecule has 0 fully saturated rings. The second-order valence-electron chi connectivity index (χ2n) is 4.32. The van der Waals surface area contributed by atoms with E-state index in [4.69, 9.17) is 4.74 Å². The van der Waals surface area contributed by atoms with Crippen LogP contribution in [0.15, 0.2) is 30.3 Å². The van der Waals surface area contributed by atoms with Crippen molar-refractivity contribution in [1.29, 1.82) is 0 Å². The van der Waals surface area contributed by atoms with Crippen LogP contribution < -0.4 is 16.0 Å². The molecule has 0 aliphatic rings. The Morgan fingerprint density at radius 2 is 1.90 bits per heavy atom. The standard InChI is InChI=1S/C14H21N3O3/c1-11(17-14(19)15-8-9-20-2)13(18)16-10-12-6-4-3-5-7-12/h3-7,11H,8-10H2,1-2H3,(H,16,18)(H2,15,17,19)/t11-/m1/s1. The quantitative estimate of drug-likeness (QED) is 0.641. The number of amides is 3. The van der Waals surface area contributed by atoms with Crippen molar-refractivity contribution in [1.82, 2.24) is 16.0 Å². The van der Waals surface area contributed by atoms with E-state index in [2.05, 4.69) is 16.0 Å². The summed E-state index contributed by atoms with van der Waals surface area (Å²) < 4.78 is 4.81. The van der Waals surface area contributed by atoms with Crippen LogP contribution in [0.2, 0.25) is 0 Å². The number of methoxy groups -OCH3 is 1. The fraction of sp³-hybridized carbons (Fsp3) is 0.429. The van der Waals surface area contributed by atoms with Gasteiger partial charge in [-0.05, 0) is 12.5 Å². The largest absolute Gasteiger partial charge is 0.383 e. The Labute approximate surface area is 118 Å². The summed E-state index contributed by atoms with van der Waals surface area (Å²) in [5.74, 6) is -0.226. The van der Waals surface area contributed by atoms with Crippen molar-refractivity contribution in [3.8, 4) is 0 Å². The fourth-order valence-electron chi connectivity index (χ4n) is 1.52. The third kappa shape index (κ3) is 6.19. The molecule has 0 radical (unpaired) electrons. The summed E-state index contributed by atoms with van der Waals surface area (Å²) in [6.07, 6.45) is 0. The highest BCUT2D eigenvalue weighted by Crippen LogP contribution is 1.97. The van der Waals surface area contributed by atoms with E-state index in [1.54, 1.807) is 14.0 Å². The van der Waals surface area contributed by atoms with Gasteiger partial charge in [-0.1, -0.05) is 30.3 Å². The first kappa shape index (κ1) is 16.0. The smallest absolute Gasteiger partial charge is 0.315 e. The highest BCUT2D eigenvalue weighted by Gasteiger charge is 2.14. The summed E-state index contributed by atoms with van der Waals surface area (Å²) in [7, 11) is 1.55. The molecule has 6 nitrogen and oxygen atoms in total. The lowest BCUT2D eigenvalue weighted by Gasteiger charge is -2.14. The first-order valence-corrected chi connectivity index (χ1v) is 6.48. The summed E-state index contributed by atoms with van der Waals surface area (Å²) in [6.45, 7) is 2.91. The number of hydrogen-bond donors (Lipinski definition) is 3. The average molecular weight is 279 g/mol. The molecule has 0 aromatic heterocycles. The predicted octanol–water partition coefficient (Wildman–Crippen LogP) is 0.637. The molecule has 0 unspecified atom stereocenters. The molecule has 0 spiro atoms. The van der Waals surface area contributed by atoms with Gasteiger partial charge in [0.2, 0.25) is 5.91 Å². The first-order valence-electron chi connectivity index (χ1n) is 6.48. The summed E-state index contributed by atoms with van der Waals surface area (Å²) in [5.41, 5.74) is 1.01. The van der Waals surface area contributed by atoms with E-state index in [1.165, 1.54) is 0 Å². The summed E-state index contributed by atoms with van der Waals surface area (Å²) >= 11 is 0. The number of hydrogen-bond acceptors (Lipinski definition) is 3. The monoisotopic (exact) mass is 279 g/mol. The molecule has 1 aromatic rings. The van der Waals surface area contributed by atoms with Crippen LogP contribution in [0.4, 0.5) is 4.79 Å². The lowest BCUT2D eigenvalue weighted by molar-refractivity contribution is -0.122. The molecule has 1 rings (SSSR count). The molecule has 0 saturated heterocycles. The van der Waals surface area contributed by atoms with Gasteiger partial charge in [-0.25, -0.2) is 4.79 Å². The van der Waals surface area contributed by atoms with Gasteiger partial charge >= 0.3 is 6.03 Å². The van der Waals surface area contributed by atoms with Crippen molar-refractivity contribution >= 4 is 11.9 Å². The van der Waals surface area contributed by atoms with Gasteiger partial charge in [0.05, 0.1) is 6.61 Å². The molecule has 0 bridgehead atoms. The number of nitrogens with one attached hydrogen (secondary N) is 3. The van der Waals surface area contributed by atoms with Crippen molar-refractivity contribution < 1.29 is 14.3 Å². The van der Waals surface area contributed by atoms with Crippen molar-refractivity contribution in [3.63, 3.8) is 0 Å². The van der Waals surface area contributed by atoms with Gasteiger partial charge in [-0.2, -0.15) is 0 Å². The maximum atomic E-state index is 11.8. The number of carbonyl (C=O) groups excluding carboxylic acids is 2. The van der Waals surface area contributed by atoms with Crippen LogP contribution >= 0.6 is 0 Å². The van der Waals surface area contributed by atoms with Crippen LogP contribution in [0, 0.1) is 0 Å². The Balaban J connectivity index is 2.26. The molecule has 20 heavy (non-hydrogen) atoms. The third-order valence-corrected chi connectivity index (χ3v) is 2.64. The third-order valence-electron chi connectivity index (χ3n) is 2.64. The maximum absolute atomic E-state index is 11.8. The molecular formula is C14H21N3O3. The lowest BCUT2D eigenvalue weighted by Crippen LogP contribution is -2.48. The van der Waals surface area contributed by atoms with Crippen molar-refractivity contribution in [2.45, 2.75) is 19.5 Å².